The molecule has 0 aliphatic rings. The van der Waals surface area contributed by atoms with E-state index in [4.69, 9.17) is 7.85 Å². The Morgan fingerprint density at radius 1 is 0.882 bits per heavy atom. The zero-order valence-electron chi connectivity index (χ0n) is 9.17. The lowest BCUT2D eigenvalue weighted by Gasteiger charge is -2.02. The molecule has 0 fully saturated rings. The molecule has 0 aliphatic carbocycles. The van der Waals surface area contributed by atoms with E-state index in [1.807, 2.05) is 54.7 Å². The standard InChI is InChI=1S/C14H9BN2/c15-12-7-5-10(6-8-12)14-16-9-11-3-1-2-4-13(11)17-14/h1-9H. The Bertz CT molecular complexity index is 662. The van der Waals surface area contributed by atoms with Crippen molar-refractivity contribution < 1.29 is 0 Å². The van der Waals surface area contributed by atoms with Crippen LogP contribution >= 0.6 is 0 Å². The van der Waals surface area contributed by atoms with Gasteiger partial charge in [-0.2, -0.15) is 0 Å². The highest BCUT2D eigenvalue weighted by molar-refractivity contribution is 6.32. The molecule has 2 aromatic carbocycles. The molecule has 3 heteroatoms. The van der Waals surface area contributed by atoms with Gasteiger partial charge in [-0.05, 0) is 6.07 Å². The van der Waals surface area contributed by atoms with E-state index in [0.717, 1.165) is 27.8 Å². The van der Waals surface area contributed by atoms with Crippen LogP contribution in [0.1, 0.15) is 0 Å². The predicted molar refractivity (Wildman–Crippen MR) is 70.4 cm³/mol. The smallest absolute Gasteiger partial charge is 0.159 e. The largest absolute Gasteiger partial charge is 0.236 e. The third kappa shape index (κ3) is 1.92. The minimum atomic E-state index is 0.726. The molecule has 0 saturated heterocycles. The lowest BCUT2D eigenvalue weighted by atomic mass is 9.95. The van der Waals surface area contributed by atoms with Crippen LogP contribution in [0.4, 0.5) is 0 Å². The third-order valence-corrected chi connectivity index (χ3v) is 2.66. The van der Waals surface area contributed by atoms with Gasteiger partial charge in [0.05, 0.1) is 5.52 Å². The summed E-state index contributed by atoms with van der Waals surface area (Å²) in [6.45, 7) is 0. The minimum absolute atomic E-state index is 0.726. The van der Waals surface area contributed by atoms with E-state index in [-0.39, 0.29) is 0 Å². The van der Waals surface area contributed by atoms with Gasteiger partial charge in [0, 0.05) is 17.1 Å². The molecule has 1 heterocycles. The van der Waals surface area contributed by atoms with Crippen LogP contribution in [0.25, 0.3) is 22.3 Å². The molecule has 0 spiro atoms. The molecular formula is C14H9BN2. The summed E-state index contributed by atoms with van der Waals surface area (Å²) >= 11 is 0. The minimum Gasteiger partial charge on any atom is -0.236 e. The molecular weight excluding hydrogens is 207 g/mol. The Balaban J connectivity index is 2.14. The summed E-state index contributed by atoms with van der Waals surface area (Å²) in [4.78, 5) is 8.88. The zero-order valence-corrected chi connectivity index (χ0v) is 9.17. The number of nitrogens with zero attached hydrogens (tertiary/aromatic N) is 2. The van der Waals surface area contributed by atoms with Crippen LogP contribution in [-0.2, 0) is 0 Å². The van der Waals surface area contributed by atoms with Crippen molar-refractivity contribution in [2.24, 2.45) is 0 Å². The van der Waals surface area contributed by atoms with Gasteiger partial charge >= 0.3 is 0 Å². The van der Waals surface area contributed by atoms with E-state index in [9.17, 15) is 0 Å². The Kier molecular flexibility index (Phi) is 2.37. The highest BCUT2D eigenvalue weighted by Gasteiger charge is 2.01. The van der Waals surface area contributed by atoms with Gasteiger partial charge < -0.3 is 0 Å². The van der Waals surface area contributed by atoms with Gasteiger partial charge in [-0.3, -0.25) is 0 Å². The van der Waals surface area contributed by atoms with Crippen LogP contribution in [0.2, 0.25) is 0 Å². The van der Waals surface area contributed by atoms with Crippen LogP contribution in [0.15, 0.2) is 54.7 Å². The molecule has 0 atom stereocenters. The maximum atomic E-state index is 5.65. The maximum absolute atomic E-state index is 5.65. The molecule has 0 aliphatic heterocycles. The molecule has 2 radical (unpaired) electrons. The molecule has 0 saturated carbocycles. The highest BCUT2D eigenvalue weighted by Crippen LogP contribution is 2.17. The van der Waals surface area contributed by atoms with E-state index in [0.29, 0.717) is 0 Å². The monoisotopic (exact) mass is 216 g/mol. The molecule has 3 aromatic rings. The fourth-order valence-corrected chi connectivity index (χ4v) is 1.74. The second-order valence-electron chi connectivity index (χ2n) is 3.87. The van der Waals surface area contributed by atoms with Crippen molar-refractivity contribution in [1.82, 2.24) is 9.97 Å². The molecule has 2 nitrogen and oxygen atoms in total. The van der Waals surface area contributed by atoms with Gasteiger partial charge in [-0.1, -0.05) is 47.9 Å². The van der Waals surface area contributed by atoms with E-state index >= 15 is 0 Å². The van der Waals surface area contributed by atoms with E-state index < -0.39 is 0 Å². The number of hydrogen-bond acceptors (Lipinski definition) is 2. The average Bonchev–Trinajstić information content (AvgIpc) is 2.39. The van der Waals surface area contributed by atoms with Crippen molar-refractivity contribution in [3.05, 3.63) is 54.7 Å². The predicted octanol–water partition coefficient (Wildman–Crippen LogP) is 2.09. The van der Waals surface area contributed by atoms with Crippen molar-refractivity contribution in [2.45, 2.75) is 0 Å². The molecule has 0 N–H and O–H groups in total. The van der Waals surface area contributed by atoms with Gasteiger partial charge in [0.1, 0.15) is 7.85 Å². The van der Waals surface area contributed by atoms with Gasteiger partial charge in [0.15, 0.2) is 5.82 Å². The topological polar surface area (TPSA) is 25.8 Å². The highest BCUT2D eigenvalue weighted by atomic mass is 14.9. The van der Waals surface area contributed by atoms with Crippen LogP contribution in [0.5, 0.6) is 0 Å². The summed E-state index contributed by atoms with van der Waals surface area (Å²) in [5, 5.41) is 1.05. The Morgan fingerprint density at radius 3 is 2.47 bits per heavy atom. The quantitative estimate of drug-likeness (QED) is 0.582. The molecule has 78 valence electrons. The van der Waals surface area contributed by atoms with Crippen LogP contribution < -0.4 is 5.46 Å². The summed E-state index contributed by atoms with van der Waals surface area (Å²) in [6, 6.07) is 15.5. The summed E-state index contributed by atoms with van der Waals surface area (Å²) in [5.74, 6) is 0.726. The van der Waals surface area contributed by atoms with Crippen LogP contribution in [0.3, 0.4) is 0 Å². The number of para-hydroxylation sites is 1. The fraction of sp³-hybridized carbons (Fsp3) is 0. The maximum Gasteiger partial charge on any atom is 0.159 e. The van der Waals surface area contributed by atoms with Gasteiger partial charge in [-0.25, -0.2) is 9.97 Å². The second-order valence-corrected chi connectivity index (χ2v) is 3.87. The number of hydrogen-bond donors (Lipinski definition) is 0. The summed E-state index contributed by atoms with van der Waals surface area (Å²) < 4.78 is 0. The third-order valence-electron chi connectivity index (χ3n) is 2.66. The molecule has 3 rings (SSSR count). The summed E-state index contributed by atoms with van der Waals surface area (Å²) in [5.41, 5.74) is 2.67. The molecule has 1 aromatic heterocycles. The molecule has 17 heavy (non-hydrogen) atoms. The van der Waals surface area contributed by atoms with Gasteiger partial charge in [0.2, 0.25) is 0 Å². The van der Waals surface area contributed by atoms with Gasteiger partial charge in [0.25, 0.3) is 0 Å². The Hall–Kier alpha value is -2.16. The van der Waals surface area contributed by atoms with Crippen molar-refractivity contribution in [1.29, 1.82) is 0 Å². The second kappa shape index (κ2) is 4.02. The van der Waals surface area contributed by atoms with Crippen molar-refractivity contribution in [2.75, 3.05) is 0 Å². The van der Waals surface area contributed by atoms with E-state index in [2.05, 4.69) is 9.97 Å². The van der Waals surface area contributed by atoms with Crippen molar-refractivity contribution >= 4 is 24.2 Å². The number of aromatic nitrogens is 2. The molecule has 0 amide bonds. The summed E-state index contributed by atoms with van der Waals surface area (Å²) in [7, 11) is 5.65. The van der Waals surface area contributed by atoms with E-state index in [1.165, 1.54) is 0 Å². The number of fused-ring (bicyclic) bond motifs is 1. The zero-order chi connectivity index (χ0) is 11.7. The van der Waals surface area contributed by atoms with Crippen LogP contribution in [0, 0.1) is 0 Å². The number of benzene rings is 2. The first-order valence-electron chi connectivity index (χ1n) is 5.41. The normalized spacial score (nSPS) is 10.6. The van der Waals surface area contributed by atoms with Gasteiger partial charge in [-0.15, -0.1) is 0 Å². The Morgan fingerprint density at radius 2 is 1.65 bits per heavy atom. The molecule has 0 unspecified atom stereocenters. The molecule has 0 bridgehead atoms. The SMILES string of the molecule is [B]c1ccc(-c2ncc3ccccc3n2)cc1. The van der Waals surface area contributed by atoms with Crippen molar-refractivity contribution in [3.63, 3.8) is 0 Å². The van der Waals surface area contributed by atoms with E-state index in [1.54, 1.807) is 0 Å². The average molecular weight is 216 g/mol. The first-order valence-corrected chi connectivity index (χ1v) is 5.41. The fourth-order valence-electron chi connectivity index (χ4n) is 1.74. The Labute approximate surface area is 101 Å². The first kappa shape index (κ1) is 10.0. The first-order chi connectivity index (χ1) is 8.33. The lowest BCUT2D eigenvalue weighted by molar-refractivity contribution is 1.23. The van der Waals surface area contributed by atoms with Crippen molar-refractivity contribution in [3.8, 4) is 11.4 Å². The summed E-state index contributed by atoms with van der Waals surface area (Å²) in [6.07, 6.45) is 1.84. The number of rotatable bonds is 1. The van der Waals surface area contributed by atoms with Crippen LogP contribution in [-0.4, -0.2) is 17.8 Å². The lowest BCUT2D eigenvalue weighted by Crippen LogP contribution is -2.00.